The van der Waals surface area contributed by atoms with E-state index in [-0.39, 0.29) is 5.92 Å². The van der Waals surface area contributed by atoms with Gasteiger partial charge in [-0.1, -0.05) is 89.7 Å². The van der Waals surface area contributed by atoms with Gasteiger partial charge in [-0.15, -0.1) is 0 Å². The average molecular weight is 344 g/mol. The highest BCUT2D eigenvalue weighted by Crippen LogP contribution is 2.19. The van der Waals surface area contributed by atoms with E-state index in [1.54, 1.807) is 0 Å². The van der Waals surface area contributed by atoms with Crippen LogP contribution in [0.25, 0.3) is 0 Å². The van der Waals surface area contributed by atoms with E-state index in [1.165, 1.54) is 70.6 Å². The summed E-state index contributed by atoms with van der Waals surface area (Å²) in [6, 6.07) is 10.2. The summed E-state index contributed by atoms with van der Waals surface area (Å²) >= 11 is 0. The van der Waals surface area contributed by atoms with Crippen molar-refractivity contribution in [3.63, 3.8) is 0 Å². The molecule has 1 aromatic rings. The first kappa shape index (κ1) is 21.6. The minimum atomic E-state index is -0.0506. The van der Waals surface area contributed by atoms with Crippen LogP contribution in [0.15, 0.2) is 24.3 Å². The second-order valence-electron chi connectivity index (χ2n) is 7.16. The van der Waals surface area contributed by atoms with Crippen LogP contribution < -0.4 is 4.74 Å². The van der Waals surface area contributed by atoms with Crippen molar-refractivity contribution in [2.75, 3.05) is 6.61 Å². The first-order valence-corrected chi connectivity index (χ1v) is 10.4. The third kappa shape index (κ3) is 10.9. The lowest BCUT2D eigenvalue weighted by molar-refractivity contribution is 0.304. The molecular weight excluding hydrogens is 306 g/mol. The molecule has 0 saturated heterocycles. The molecule has 0 heterocycles. The van der Waals surface area contributed by atoms with Crippen LogP contribution >= 0.6 is 0 Å². The quantitative estimate of drug-likeness (QED) is 0.311. The largest absolute Gasteiger partial charge is 0.494 e. The number of hydrogen-bond donors (Lipinski definition) is 0. The lowest BCUT2D eigenvalue weighted by atomic mass is 10.0. The molecule has 140 valence electrons. The van der Waals surface area contributed by atoms with Crippen LogP contribution in [0.4, 0.5) is 0 Å². The van der Waals surface area contributed by atoms with E-state index in [2.05, 4.69) is 13.0 Å². The fourth-order valence-corrected chi connectivity index (χ4v) is 3.06. The van der Waals surface area contributed by atoms with Crippen molar-refractivity contribution in [1.82, 2.24) is 0 Å². The van der Waals surface area contributed by atoms with Crippen molar-refractivity contribution in [2.24, 2.45) is 0 Å². The Bertz CT molecular complexity index is 460. The number of rotatable bonds is 15. The molecule has 0 saturated carbocycles. The van der Waals surface area contributed by atoms with Crippen molar-refractivity contribution in [3.8, 4) is 11.8 Å². The standard InChI is InChI=1S/C23H37NO/c1-3-4-5-6-7-8-9-10-11-12-13-14-19-25-23-17-15-22(16-18-23)21(2)20-24/h15-18,21H,3-14,19H2,1-2H3. The van der Waals surface area contributed by atoms with Crippen molar-refractivity contribution in [1.29, 1.82) is 5.26 Å². The van der Waals surface area contributed by atoms with E-state index in [0.717, 1.165) is 24.3 Å². The topological polar surface area (TPSA) is 33.0 Å². The normalized spacial score (nSPS) is 11.9. The van der Waals surface area contributed by atoms with Gasteiger partial charge in [-0.3, -0.25) is 0 Å². The SMILES string of the molecule is CCCCCCCCCCCCCCOc1ccc(C(C)C#N)cc1. The molecule has 1 rings (SSSR count). The zero-order chi connectivity index (χ0) is 18.2. The number of ether oxygens (including phenoxy) is 1. The van der Waals surface area contributed by atoms with Gasteiger partial charge in [0.05, 0.1) is 18.6 Å². The Morgan fingerprint density at radius 2 is 1.28 bits per heavy atom. The predicted molar refractivity (Wildman–Crippen MR) is 107 cm³/mol. The van der Waals surface area contributed by atoms with E-state index < -0.39 is 0 Å². The number of hydrogen-bond acceptors (Lipinski definition) is 2. The molecule has 0 amide bonds. The van der Waals surface area contributed by atoms with Gasteiger partial charge in [0, 0.05) is 0 Å². The van der Waals surface area contributed by atoms with E-state index in [0.29, 0.717) is 0 Å². The summed E-state index contributed by atoms with van der Waals surface area (Å²) < 4.78 is 5.78. The molecule has 25 heavy (non-hydrogen) atoms. The van der Waals surface area contributed by atoms with Crippen molar-refractivity contribution >= 4 is 0 Å². The maximum atomic E-state index is 8.91. The molecule has 2 nitrogen and oxygen atoms in total. The van der Waals surface area contributed by atoms with Crippen LogP contribution in [-0.2, 0) is 0 Å². The number of benzene rings is 1. The zero-order valence-electron chi connectivity index (χ0n) is 16.4. The zero-order valence-corrected chi connectivity index (χ0v) is 16.4. The summed E-state index contributed by atoms with van der Waals surface area (Å²) in [6.07, 6.45) is 16.4. The van der Waals surface area contributed by atoms with Crippen molar-refractivity contribution in [2.45, 2.75) is 96.8 Å². The molecule has 1 atom stereocenters. The molecule has 0 aromatic heterocycles. The minimum absolute atomic E-state index is 0.0506. The van der Waals surface area contributed by atoms with Crippen molar-refractivity contribution in [3.05, 3.63) is 29.8 Å². The van der Waals surface area contributed by atoms with Gasteiger partial charge < -0.3 is 4.74 Å². The highest BCUT2D eigenvalue weighted by molar-refractivity contribution is 5.31. The van der Waals surface area contributed by atoms with Gasteiger partial charge in [-0.2, -0.15) is 5.26 Å². The predicted octanol–water partition coefficient (Wildman–Crippen LogP) is 7.39. The second-order valence-corrected chi connectivity index (χ2v) is 7.16. The highest BCUT2D eigenvalue weighted by atomic mass is 16.5. The van der Waals surface area contributed by atoms with Crippen molar-refractivity contribution < 1.29 is 4.74 Å². The third-order valence-corrected chi connectivity index (χ3v) is 4.84. The van der Waals surface area contributed by atoms with Gasteiger partial charge in [0.15, 0.2) is 0 Å². The van der Waals surface area contributed by atoms with Crippen LogP contribution in [0.2, 0.25) is 0 Å². The molecule has 0 fully saturated rings. The van der Waals surface area contributed by atoms with Gasteiger partial charge in [0.2, 0.25) is 0 Å². The fourth-order valence-electron chi connectivity index (χ4n) is 3.06. The Hall–Kier alpha value is -1.49. The Labute approximate surface area is 155 Å². The third-order valence-electron chi connectivity index (χ3n) is 4.84. The first-order valence-electron chi connectivity index (χ1n) is 10.4. The maximum absolute atomic E-state index is 8.91. The summed E-state index contributed by atoms with van der Waals surface area (Å²) in [6.45, 7) is 4.99. The van der Waals surface area contributed by atoms with E-state index in [9.17, 15) is 0 Å². The van der Waals surface area contributed by atoms with Crippen LogP contribution in [0.1, 0.15) is 102 Å². The van der Waals surface area contributed by atoms with Crippen LogP contribution in [0.3, 0.4) is 0 Å². The van der Waals surface area contributed by atoms with Gasteiger partial charge in [0.1, 0.15) is 5.75 Å². The van der Waals surface area contributed by atoms with Crippen LogP contribution in [0, 0.1) is 11.3 Å². The molecule has 0 aliphatic heterocycles. The van der Waals surface area contributed by atoms with E-state index in [1.807, 2.05) is 31.2 Å². The number of nitrogens with zero attached hydrogens (tertiary/aromatic N) is 1. The lowest BCUT2D eigenvalue weighted by Crippen LogP contribution is -1.98. The van der Waals surface area contributed by atoms with Gasteiger partial charge >= 0.3 is 0 Å². The van der Waals surface area contributed by atoms with Gasteiger partial charge in [-0.25, -0.2) is 0 Å². The molecule has 1 aromatic carbocycles. The summed E-state index contributed by atoms with van der Waals surface area (Å²) in [5.41, 5.74) is 1.06. The minimum Gasteiger partial charge on any atom is -0.494 e. The molecule has 0 N–H and O–H groups in total. The summed E-state index contributed by atoms with van der Waals surface area (Å²) in [4.78, 5) is 0. The lowest BCUT2D eigenvalue weighted by Gasteiger charge is -2.08. The molecule has 0 radical (unpaired) electrons. The number of unbranched alkanes of at least 4 members (excludes halogenated alkanes) is 11. The molecule has 0 aliphatic carbocycles. The molecule has 0 spiro atoms. The van der Waals surface area contributed by atoms with Gasteiger partial charge in [0.25, 0.3) is 0 Å². The second kappa shape index (κ2) is 14.8. The van der Waals surface area contributed by atoms with Crippen LogP contribution in [0.5, 0.6) is 5.75 Å². The van der Waals surface area contributed by atoms with Gasteiger partial charge in [-0.05, 0) is 31.0 Å². The Morgan fingerprint density at radius 1 is 0.800 bits per heavy atom. The number of nitriles is 1. The maximum Gasteiger partial charge on any atom is 0.119 e. The molecule has 0 bridgehead atoms. The summed E-state index contributed by atoms with van der Waals surface area (Å²) in [5, 5.41) is 8.91. The molecular formula is C23H37NO. The smallest absolute Gasteiger partial charge is 0.119 e. The molecule has 2 heteroatoms. The molecule has 1 unspecified atom stereocenters. The highest BCUT2D eigenvalue weighted by Gasteiger charge is 2.03. The summed E-state index contributed by atoms with van der Waals surface area (Å²) in [5.74, 6) is 0.863. The average Bonchev–Trinajstić information content (AvgIpc) is 2.65. The Balaban J connectivity index is 1.91. The Morgan fingerprint density at radius 3 is 1.76 bits per heavy atom. The van der Waals surface area contributed by atoms with E-state index >= 15 is 0 Å². The Kier molecular flexibility index (Phi) is 12.8. The fraction of sp³-hybridized carbons (Fsp3) is 0.696. The first-order chi connectivity index (χ1) is 12.3. The monoisotopic (exact) mass is 343 g/mol. The summed E-state index contributed by atoms with van der Waals surface area (Å²) in [7, 11) is 0. The molecule has 0 aliphatic rings. The van der Waals surface area contributed by atoms with Crippen LogP contribution in [-0.4, -0.2) is 6.61 Å². The van der Waals surface area contributed by atoms with E-state index in [4.69, 9.17) is 10.00 Å².